The van der Waals surface area contributed by atoms with Crippen molar-refractivity contribution in [3.8, 4) is 0 Å². The van der Waals surface area contributed by atoms with Crippen LogP contribution in [0.25, 0.3) is 0 Å². The summed E-state index contributed by atoms with van der Waals surface area (Å²) in [5.74, 6) is -0.351. The normalized spacial score (nSPS) is 11.4. The number of hydrogen-bond donors (Lipinski definition) is 2. The molecule has 0 aliphatic carbocycles. The topological polar surface area (TPSA) is 102 Å². The quantitative estimate of drug-likeness (QED) is 0.898. The summed E-state index contributed by atoms with van der Waals surface area (Å²) in [5, 5.41) is 3.02. The van der Waals surface area contributed by atoms with Crippen molar-refractivity contribution in [1.29, 1.82) is 0 Å². The molecule has 0 aliphatic rings. The van der Waals surface area contributed by atoms with E-state index in [1.54, 1.807) is 19.9 Å². The Labute approximate surface area is 126 Å². The van der Waals surface area contributed by atoms with E-state index in [2.05, 4.69) is 10.3 Å². The molecule has 0 fully saturated rings. The highest BCUT2D eigenvalue weighted by atomic mass is 32.2. The molecule has 1 aromatic carbocycles. The third-order valence-corrected chi connectivity index (χ3v) is 5.00. The maximum absolute atomic E-state index is 12.2. The minimum Gasteiger partial charge on any atom is -0.375 e. The van der Waals surface area contributed by atoms with Gasteiger partial charge in [0.25, 0.3) is 5.91 Å². The molecule has 2 aromatic rings. The Morgan fingerprint density at radius 1 is 1.33 bits per heavy atom. The summed E-state index contributed by atoms with van der Waals surface area (Å²) in [6.07, 6.45) is 1.12. The minimum atomic E-state index is -3.33. The summed E-state index contributed by atoms with van der Waals surface area (Å²) in [5.41, 5.74) is 7.34. The third kappa shape index (κ3) is 3.40. The minimum absolute atomic E-state index is 0.156. The monoisotopic (exact) mass is 325 g/mol. The lowest BCUT2D eigenvalue weighted by Crippen LogP contribution is -2.13. The van der Waals surface area contributed by atoms with E-state index in [9.17, 15) is 13.2 Å². The van der Waals surface area contributed by atoms with Gasteiger partial charge in [0, 0.05) is 11.9 Å². The van der Waals surface area contributed by atoms with Gasteiger partial charge in [-0.2, -0.15) is 0 Å². The molecule has 0 radical (unpaired) electrons. The Balaban J connectivity index is 2.35. The Bertz CT molecular complexity index is 810. The molecule has 1 aromatic heterocycles. The fourth-order valence-electron chi connectivity index (χ4n) is 1.77. The number of amides is 1. The number of nitrogens with zero attached hydrogens (tertiary/aromatic N) is 1. The standard InChI is InChI=1S/C13H15N3O3S2/c1-7-4-5-9(21(3,18)19)6-10(7)16-12(17)11-8(2)15-13(14)20-11/h4-6H,1-3H3,(H2,14,15)(H,16,17). The number of rotatable bonds is 3. The average molecular weight is 325 g/mol. The lowest BCUT2D eigenvalue weighted by molar-refractivity contribution is 0.102. The number of nitrogens with two attached hydrogens (primary N) is 1. The van der Waals surface area contributed by atoms with Crippen LogP contribution in [0.1, 0.15) is 20.9 Å². The summed E-state index contributed by atoms with van der Waals surface area (Å²) in [6, 6.07) is 4.61. The number of carbonyl (C=O) groups is 1. The van der Waals surface area contributed by atoms with Crippen molar-refractivity contribution in [3.05, 3.63) is 34.3 Å². The smallest absolute Gasteiger partial charge is 0.267 e. The van der Waals surface area contributed by atoms with Gasteiger partial charge in [-0.15, -0.1) is 0 Å². The van der Waals surface area contributed by atoms with E-state index in [0.717, 1.165) is 23.2 Å². The van der Waals surface area contributed by atoms with Crippen LogP contribution in [0, 0.1) is 13.8 Å². The highest BCUT2D eigenvalue weighted by Crippen LogP contribution is 2.24. The fourth-order valence-corrected chi connectivity index (χ4v) is 3.15. The zero-order valence-electron chi connectivity index (χ0n) is 11.8. The van der Waals surface area contributed by atoms with Crippen molar-refractivity contribution in [3.63, 3.8) is 0 Å². The summed E-state index contributed by atoms with van der Waals surface area (Å²) < 4.78 is 23.1. The number of thiazole rings is 1. The van der Waals surface area contributed by atoms with Crippen LogP contribution in [-0.4, -0.2) is 25.6 Å². The first-order chi connectivity index (χ1) is 9.68. The zero-order valence-corrected chi connectivity index (χ0v) is 13.4. The molecule has 0 atom stereocenters. The predicted octanol–water partition coefficient (Wildman–Crippen LogP) is 2.00. The lowest BCUT2D eigenvalue weighted by Gasteiger charge is -2.09. The Morgan fingerprint density at radius 2 is 2.00 bits per heavy atom. The van der Waals surface area contributed by atoms with Gasteiger partial charge in [0.05, 0.1) is 10.6 Å². The van der Waals surface area contributed by atoms with Crippen molar-refractivity contribution in [2.45, 2.75) is 18.7 Å². The van der Waals surface area contributed by atoms with E-state index in [0.29, 0.717) is 21.4 Å². The number of nitrogens with one attached hydrogen (secondary N) is 1. The summed E-state index contributed by atoms with van der Waals surface area (Å²) in [7, 11) is -3.33. The Kier molecular flexibility index (Phi) is 4.02. The highest BCUT2D eigenvalue weighted by Gasteiger charge is 2.16. The Morgan fingerprint density at radius 3 is 2.52 bits per heavy atom. The number of anilines is 2. The van der Waals surface area contributed by atoms with Gasteiger partial charge in [-0.3, -0.25) is 4.79 Å². The van der Waals surface area contributed by atoms with Gasteiger partial charge < -0.3 is 11.1 Å². The van der Waals surface area contributed by atoms with E-state index < -0.39 is 9.84 Å². The molecule has 0 saturated carbocycles. The first kappa shape index (κ1) is 15.5. The van der Waals surface area contributed by atoms with Crippen molar-refractivity contribution in [2.24, 2.45) is 0 Å². The molecule has 0 spiro atoms. The molecule has 112 valence electrons. The molecular formula is C13H15N3O3S2. The van der Waals surface area contributed by atoms with E-state index in [4.69, 9.17) is 5.73 Å². The molecular weight excluding hydrogens is 310 g/mol. The van der Waals surface area contributed by atoms with Gasteiger partial charge >= 0.3 is 0 Å². The molecule has 21 heavy (non-hydrogen) atoms. The number of nitrogen functional groups attached to an aromatic ring is 1. The van der Waals surface area contributed by atoms with E-state index in [1.165, 1.54) is 12.1 Å². The largest absolute Gasteiger partial charge is 0.375 e. The maximum atomic E-state index is 12.2. The van der Waals surface area contributed by atoms with E-state index >= 15 is 0 Å². The van der Waals surface area contributed by atoms with Crippen molar-refractivity contribution >= 4 is 37.9 Å². The second kappa shape index (κ2) is 5.45. The molecule has 1 heterocycles. The molecule has 0 aliphatic heterocycles. The fraction of sp³-hybridized carbons (Fsp3) is 0.231. The second-order valence-electron chi connectivity index (χ2n) is 4.67. The predicted molar refractivity (Wildman–Crippen MR) is 83.5 cm³/mol. The van der Waals surface area contributed by atoms with E-state index in [-0.39, 0.29) is 10.8 Å². The number of carbonyl (C=O) groups excluding carboxylic acids is 1. The molecule has 0 unspecified atom stereocenters. The zero-order chi connectivity index (χ0) is 15.8. The maximum Gasteiger partial charge on any atom is 0.267 e. The van der Waals surface area contributed by atoms with Gasteiger partial charge in [0.2, 0.25) is 0 Å². The molecule has 0 saturated heterocycles. The molecule has 8 heteroatoms. The Hall–Kier alpha value is -1.93. The van der Waals surface area contributed by atoms with Gasteiger partial charge in [-0.25, -0.2) is 13.4 Å². The van der Waals surface area contributed by atoms with Gasteiger partial charge in [0.1, 0.15) is 4.88 Å². The second-order valence-corrected chi connectivity index (χ2v) is 7.72. The summed E-state index contributed by atoms with van der Waals surface area (Å²) >= 11 is 1.09. The highest BCUT2D eigenvalue weighted by molar-refractivity contribution is 7.90. The lowest BCUT2D eigenvalue weighted by atomic mass is 10.2. The number of hydrogen-bond acceptors (Lipinski definition) is 6. The van der Waals surface area contributed by atoms with Crippen molar-refractivity contribution in [2.75, 3.05) is 17.3 Å². The van der Waals surface area contributed by atoms with Crippen LogP contribution in [0.15, 0.2) is 23.1 Å². The van der Waals surface area contributed by atoms with Crippen LogP contribution >= 0.6 is 11.3 Å². The van der Waals surface area contributed by atoms with Crippen LogP contribution in [-0.2, 0) is 9.84 Å². The van der Waals surface area contributed by atoms with Crippen LogP contribution < -0.4 is 11.1 Å². The molecule has 3 N–H and O–H groups in total. The molecule has 6 nitrogen and oxygen atoms in total. The number of benzene rings is 1. The SMILES string of the molecule is Cc1ccc(S(C)(=O)=O)cc1NC(=O)c1sc(N)nc1C. The number of aromatic nitrogens is 1. The first-order valence-electron chi connectivity index (χ1n) is 6.03. The van der Waals surface area contributed by atoms with Crippen LogP contribution in [0.3, 0.4) is 0 Å². The van der Waals surface area contributed by atoms with Crippen molar-refractivity contribution in [1.82, 2.24) is 4.98 Å². The van der Waals surface area contributed by atoms with Crippen LogP contribution in [0.2, 0.25) is 0 Å². The van der Waals surface area contributed by atoms with Gasteiger partial charge in [-0.1, -0.05) is 17.4 Å². The van der Waals surface area contributed by atoms with Crippen LogP contribution in [0.4, 0.5) is 10.8 Å². The molecule has 1 amide bonds. The van der Waals surface area contributed by atoms with Crippen molar-refractivity contribution < 1.29 is 13.2 Å². The summed E-state index contributed by atoms with van der Waals surface area (Å²) in [4.78, 5) is 16.8. The first-order valence-corrected chi connectivity index (χ1v) is 8.74. The van der Waals surface area contributed by atoms with E-state index in [1.807, 2.05) is 0 Å². The van der Waals surface area contributed by atoms with Gasteiger partial charge in [0.15, 0.2) is 15.0 Å². The molecule has 2 rings (SSSR count). The van der Waals surface area contributed by atoms with Crippen LogP contribution in [0.5, 0.6) is 0 Å². The third-order valence-electron chi connectivity index (χ3n) is 2.90. The average Bonchev–Trinajstić information content (AvgIpc) is 2.70. The molecule has 0 bridgehead atoms. The summed E-state index contributed by atoms with van der Waals surface area (Å²) in [6.45, 7) is 3.48. The number of aryl methyl sites for hydroxylation is 2. The van der Waals surface area contributed by atoms with Gasteiger partial charge in [-0.05, 0) is 31.5 Å². The number of sulfone groups is 1.